The third-order valence-electron chi connectivity index (χ3n) is 2.53. The first-order valence-electron chi connectivity index (χ1n) is 5.55. The molecule has 0 unspecified atom stereocenters. The Bertz CT molecular complexity index is 529. The van der Waals surface area contributed by atoms with E-state index in [1.165, 1.54) is 0 Å². The molecule has 0 amide bonds. The van der Waals surface area contributed by atoms with Crippen LogP contribution in [0.15, 0.2) is 40.8 Å². The number of benzene rings is 1. The molecule has 0 aliphatic carbocycles. The van der Waals surface area contributed by atoms with Gasteiger partial charge in [0.05, 0.1) is 0 Å². The van der Waals surface area contributed by atoms with Crippen LogP contribution < -0.4 is 5.32 Å². The molecule has 0 aliphatic heterocycles. The average Bonchev–Trinajstić information content (AvgIpc) is 2.76. The standard InChI is InChI=1S/C14H15NO2/c1-10-6-7-13(17-10)14(16)12-5-3-4-11(8-12)9-15-2/h3-8,15H,9H2,1-2H3. The molecule has 1 aromatic heterocycles. The second-order valence-electron chi connectivity index (χ2n) is 3.97. The molecule has 17 heavy (non-hydrogen) atoms. The lowest BCUT2D eigenvalue weighted by Crippen LogP contribution is -2.06. The van der Waals surface area contributed by atoms with Crippen LogP contribution >= 0.6 is 0 Å². The van der Waals surface area contributed by atoms with E-state index in [2.05, 4.69) is 5.32 Å². The van der Waals surface area contributed by atoms with Gasteiger partial charge in [0.15, 0.2) is 5.76 Å². The number of furan rings is 1. The van der Waals surface area contributed by atoms with Gasteiger partial charge >= 0.3 is 0 Å². The Labute approximate surface area is 100 Å². The van der Waals surface area contributed by atoms with E-state index < -0.39 is 0 Å². The van der Waals surface area contributed by atoms with E-state index in [0.717, 1.165) is 17.9 Å². The number of ketones is 1. The lowest BCUT2D eigenvalue weighted by atomic mass is 10.1. The summed E-state index contributed by atoms with van der Waals surface area (Å²) in [5.41, 5.74) is 1.74. The number of aryl methyl sites for hydroxylation is 1. The molecule has 88 valence electrons. The van der Waals surface area contributed by atoms with Crippen LogP contribution in [0.2, 0.25) is 0 Å². The van der Waals surface area contributed by atoms with Gasteiger partial charge in [0, 0.05) is 12.1 Å². The van der Waals surface area contributed by atoms with Gasteiger partial charge in [0.1, 0.15) is 5.76 Å². The molecule has 2 aromatic rings. The van der Waals surface area contributed by atoms with Crippen molar-refractivity contribution in [1.82, 2.24) is 5.32 Å². The van der Waals surface area contributed by atoms with Crippen LogP contribution in [0.1, 0.15) is 27.4 Å². The largest absolute Gasteiger partial charge is 0.458 e. The highest BCUT2D eigenvalue weighted by Crippen LogP contribution is 2.14. The van der Waals surface area contributed by atoms with E-state index in [1.54, 1.807) is 18.2 Å². The predicted octanol–water partition coefficient (Wildman–Crippen LogP) is 2.54. The number of hydrogen-bond acceptors (Lipinski definition) is 3. The van der Waals surface area contributed by atoms with Crippen molar-refractivity contribution in [3.05, 3.63) is 59.0 Å². The van der Waals surface area contributed by atoms with Gasteiger partial charge in [-0.1, -0.05) is 18.2 Å². The Hall–Kier alpha value is -1.87. The maximum atomic E-state index is 12.1. The Morgan fingerprint density at radius 1 is 1.29 bits per heavy atom. The average molecular weight is 229 g/mol. The Balaban J connectivity index is 2.27. The van der Waals surface area contributed by atoms with Crippen LogP contribution in [0.5, 0.6) is 0 Å². The molecule has 0 spiro atoms. The number of carbonyl (C=O) groups is 1. The highest BCUT2D eigenvalue weighted by Gasteiger charge is 2.12. The summed E-state index contributed by atoms with van der Waals surface area (Å²) in [6, 6.07) is 11.1. The molecule has 1 heterocycles. The molecular weight excluding hydrogens is 214 g/mol. The van der Waals surface area contributed by atoms with E-state index in [9.17, 15) is 4.79 Å². The fraction of sp³-hybridized carbons (Fsp3) is 0.214. The Kier molecular flexibility index (Phi) is 3.40. The molecule has 2 rings (SSSR count). The van der Waals surface area contributed by atoms with Crippen LogP contribution in [0.4, 0.5) is 0 Å². The van der Waals surface area contributed by atoms with E-state index >= 15 is 0 Å². The van der Waals surface area contributed by atoms with Gasteiger partial charge in [0.25, 0.3) is 0 Å². The number of carbonyl (C=O) groups excluding carboxylic acids is 1. The third-order valence-corrected chi connectivity index (χ3v) is 2.53. The van der Waals surface area contributed by atoms with Crippen molar-refractivity contribution in [2.75, 3.05) is 7.05 Å². The lowest BCUT2D eigenvalue weighted by Gasteiger charge is -2.02. The van der Waals surface area contributed by atoms with Gasteiger partial charge in [-0.15, -0.1) is 0 Å². The molecule has 3 heteroatoms. The van der Waals surface area contributed by atoms with Crippen molar-refractivity contribution in [3.8, 4) is 0 Å². The first kappa shape index (κ1) is 11.6. The fourth-order valence-corrected chi connectivity index (χ4v) is 1.73. The molecule has 0 saturated carbocycles. The maximum absolute atomic E-state index is 12.1. The van der Waals surface area contributed by atoms with Crippen molar-refractivity contribution in [1.29, 1.82) is 0 Å². The number of rotatable bonds is 4. The van der Waals surface area contributed by atoms with Crippen molar-refractivity contribution >= 4 is 5.78 Å². The smallest absolute Gasteiger partial charge is 0.228 e. The van der Waals surface area contributed by atoms with Gasteiger partial charge in [-0.2, -0.15) is 0 Å². The molecule has 1 N–H and O–H groups in total. The second kappa shape index (κ2) is 4.97. The fourth-order valence-electron chi connectivity index (χ4n) is 1.73. The highest BCUT2D eigenvalue weighted by molar-refractivity contribution is 6.07. The zero-order valence-corrected chi connectivity index (χ0v) is 9.99. The van der Waals surface area contributed by atoms with Gasteiger partial charge < -0.3 is 9.73 Å². The summed E-state index contributed by atoms with van der Waals surface area (Å²) in [7, 11) is 1.88. The minimum Gasteiger partial charge on any atom is -0.458 e. The first-order chi connectivity index (χ1) is 8.20. The Morgan fingerprint density at radius 3 is 2.76 bits per heavy atom. The molecule has 0 aliphatic rings. The Morgan fingerprint density at radius 2 is 2.12 bits per heavy atom. The molecule has 0 saturated heterocycles. The lowest BCUT2D eigenvalue weighted by molar-refractivity contribution is 0.101. The maximum Gasteiger partial charge on any atom is 0.228 e. The van der Waals surface area contributed by atoms with Crippen LogP contribution in [0.3, 0.4) is 0 Å². The SMILES string of the molecule is CNCc1cccc(C(=O)c2ccc(C)o2)c1. The molecule has 0 bridgehead atoms. The summed E-state index contributed by atoms with van der Waals surface area (Å²) in [4.78, 5) is 12.1. The zero-order chi connectivity index (χ0) is 12.3. The molecule has 0 radical (unpaired) electrons. The molecular formula is C14H15NO2. The van der Waals surface area contributed by atoms with Gasteiger partial charge in [-0.25, -0.2) is 0 Å². The number of hydrogen-bond donors (Lipinski definition) is 1. The highest BCUT2D eigenvalue weighted by atomic mass is 16.3. The summed E-state index contributed by atoms with van der Waals surface area (Å²) in [5.74, 6) is 1.07. The molecule has 0 atom stereocenters. The molecule has 1 aromatic carbocycles. The van der Waals surface area contributed by atoms with Crippen molar-refractivity contribution < 1.29 is 9.21 Å². The summed E-state index contributed by atoms with van der Waals surface area (Å²) < 4.78 is 5.33. The minimum atomic E-state index is -0.0731. The predicted molar refractivity (Wildman–Crippen MR) is 66.1 cm³/mol. The molecule has 0 fully saturated rings. The van der Waals surface area contributed by atoms with Crippen LogP contribution in [0, 0.1) is 6.92 Å². The van der Waals surface area contributed by atoms with Crippen molar-refractivity contribution in [2.45, 2.75) is 13.5 Å². The van der Waals surface area contributed by atoms with Crippen LogP contribution in [-0.2, 0) is 6.54 Å². The normalized spacial score (nSPS) is 10.5. The number of nitrogens with one attached hydrogen (secondary N) is 1. The summed E-state index contributed by atoms with van der Waals surface area (Å²) >= 11 is 0. The molecule has 3 nitrogen and oxygen atoms in total. The second-order valence-corrected chi connectivity index (χ2v) is 3.97. The van der Waals surface area contributed by atoms with Crippen molar-refractivity contribution in [2.24, 2.45) is 0 Å². The van der Waals surface area contributed by atoms with Gasteiger partial charge in [-0.3, -0.25) is 4.79 Å². The first-order valence-corrected chi connectivity index (χ1v) is 5.55. The van der Waals surface area contributed by atoms with Gasteiger partial charge in [-0.05, 0) is 37.7 Å². The third kappa shape index (κ3) is 2.63. The summed E-state index contributed by atoms with van der Waals surface area (Å²) in [6.07, 6.45) is 0. The van der Waals surface area contributed by atoms with Crippen LogP contribution in [0.25, 0.3) is 0 Å². The minimum absolute atomic E-state index is 0.0731. The van der Waals surface area contributed by atoms with E-state index in [0.29, 0.717) is 11.3 Å². The summed E-state index contributed by atoms with van der Waals surface area (Å²) in [5, 5.41) is 3.06. The van der Waals surface area contributed by atoms with E-state index in [4.69, 9.17) is 4.42 Å². The quantitative estimate of drug-likeness (QED) is 0.819. The van der Waals surface area contributed by atoms with Crippen LogP contribution in [-0.4, -0.2) is 12.8 Å². The summed E-state index contributed by atoms with van der Waals surface area (Å²) in [6.45, 7) is 2.58. The topological polar surface area (TPSA) is 42.2 Å². The van der Waals surface area contributed by atoms with E-state index in [-0.39, 0.29) is 5.78 Å². The van der Waals surface area contributed by atoms with Gasteiger partial charge in [0.2, 0.25) is 5.78 Å². The van der Waals surface area contributed by atoms with E-state index in [1.807, 2.05) is 32.2 Å². The monoisotopic (exact) mass is 229 g/mol. The zero-order valence-electron chi connectivity index (χ0n) is 9.99. The van der Waals surface area contributed by atoms with Crippen molar-refractivity contribution in [3.63, 3.8) is 0 Å².